The molecule has 1 aromatic rings. The highest BCUT2D eigenvalue weighted by Gasteiger charge is 1.96. The molecule has 1 radical (unpaired) electrons. The summed E-state index contributed by atoms with van der Waals surface area (Å²) in [7, 11) is -0.00933. The molecule has 0 saturated heterocycles. The summed E-state index contributed by atoms with van der Waals surface area (Å²) in [5, 5.41) is 0. The van der Waals surface area contributed by atoms with Crippen molar-refractivity contribution in [1.29, 1.82) is 0 Å². The van der Waals surface area contributed by atoms with Crippen LogP contribution in [0.1, 0.15) is 5.56 Å². The van der Waals surface area contributed by atoms with Crippen LogP contribution in [0.15, 0.2) is 30.3 Å². The fourth-order valence-corrected chi connectivity index (χ4v) is 3.82. The molecule has 0 fully saturated rings. The Morgan fingerprint density at radius 2 is 1.85 bits per heavy atom. The molecule has 0 aliphatic heterocycles. The third-order valence-corrected chi connectivity index (χ3v) is 4.50. The summed E-state index contributed by atoms with van der Waals surface area (Å²) in [6.07, 6.45) is 0. The maximum absolute atomic E-state index is 2.38. The normalized spacial score (nSPS) is 10.7. The summed E-state index contributed by atoms with van der Waals surface area (Å²) < 4.78 is 0. The Kier molecular flexibility index (Phi) is 5.24. The van der Waals surface area contributed by atoms with Gasteiger partial charge < -0.3 is 0 Å². The van der Waals surface area contributed by atoms with Gasteiger partial charge in [0.05, 0.1) is 0 Å². The summed E-state index contributed by atoms with van der Waals surface area (Å²) in [5.74, 6) is 2.51. The van der Waals surface area contributed by atoms with Gasteiger partial charge in [0.2, 0.25) is 0 Å². The second-order valence-electron chi connectivity index (χ2n) is 3.50. The van der Waals surface area contributed by atoms with E-state index in [1.807, 2.05) is 0 Å². The van der Waals surface area contributed by atoms with E-state index in [-0.39, 0.29) is 8.80 Å². The van der Waals surface area contributed by atoms with E-state index in [9.17, 15) is 0 Å². The zero-order chi connectivity index (χ0) is 9.52. The highest BCUT2D eigenvalue weighted by Crippen LogP contribution is 2.13. The second kappa shape index (κ2) is 6.27. The zero-order valence-corrected chi connectivity index (χ0v) is 10.2. The Labute approximate surface area is 87.4 Å². The quantitative estimate of drug-likeness (QED) is 0.526. The van der Waals surface area contributed by atoms with Crippen molar-refractivity contribution in [1.82, 2.24) is 0 Å². The second-order valence-corrected chi connectivity index (χ2v) is 7.51. The van der Waals surface area contributed by atoms with E-state index in [4.69, 9.17) is 0 Å². The lowest BCUT2D eigenvalue weighted by Gasteiger charge is -2.02. The van der Waals surface area contributed by atoms with Gasteiger partial charge in [0, 0.05) is 14.5 Å². The molecule has 1 aromatic carbocycles. The van der Waals surface area contributed by atoms with Gasteiger partial charge in [-0.05, 0) is 11.3 Å². The van der Waals surface area contributed by atoms with Crippen molar-refractivity contribution >= 4 is 20.6 Å². The molecule has 2 heteroatoms. The lowest BCUT2D eigenvalue weighted by atomic mass is 10.2. The summed E-state index contributed by atoms with van der Waals surface area (Å²) in [6.45, 7) is 4.77. The first kappa shape index (κ1) is 10.9. The predicted molar refractivity (Wildman–Crippen MR) is 64.9 cm³/mol. The van der Waals surface area contributed by atoms with Gasteiger partial charge >= 0.3 is 0 Å². The molecule has 0 saturated carbocycles. The number of thioether (sulfide) groups is 1. The van der Waals surface area contributed by atoms with Gasteiger partial charge in [-0.1, -0.05) is 49.5 Å². The van der Waals surface area contributed by atoms with Crippen LogP contribution in [0, 0.1) is 0 Å². The van der Waals surface area contributed by atoms with E-state index in [1.165, 1.54) is 23.1 Å². The molecule has 0 bridgehead atoms. The van der Waals surface area contributed by atoms with Crippen molar-refractivity contribution in [3.05, 3.63) is 35.9 Å². The molecular weight excluding hydrogens is 192 g/mol. The molecule has 0 nitrogen and oxygen atoms in total. The highest BCUT2D eigenvalue weighted by molar-refractivity contribution is 7.98. The van der Waals surface area contributed by atoms with Crippen LogP contribution < -0.4 is 0 Å². The lowest BCUT2D eigenvalue weighted by molar-refractivity contribution is 1.37. The van der Waals surface area contributed by atoms with Crippen molar-refractivity contribution in [2.45, 2.75) is 24.9 Å². The van der Waals surface area contributed by atoms with Gasteiger partial charge in [-0.25, -0.2) is 0 Å². The van der Waals surface area contributed by atoms with Crippen LogP contribution in [0.2, 0.25) is 19.1 Å². The third kappa shape index (κ3) is 5.16. The minimum atomic E-state index is -0.00933. The van der Waals surface area contributed by atoms with Crippen LogP contribution in [0.3, 0.4) is 0 Å². The van der Waals surface area contributed by atoms with Crippen LogP contribution in [-0.2, 0) is 5.75 Å². The first-order valence-electron chi connectivity index (χ1n) is 4.70. The highest BCUT2D eigenvalue weighted by atomic mass is 32.2. The van der Waals surface area contributed by atoms with E-state index < -0.39 is 0 Å². The Morgan fingerprint density at radius 3 is 2.46 bits per heavy atom. The molecule has 0 spiro atoms. The molecular formula is C11H17SSi. The van der Waals surface area contributed by atoms with E-state index in [1.54, 1.807) is 0 Å². The molecule has 13 heavy (non-hydrogen) atoms. The third-order valence-electron chi connectivity index (χ3n) is 1.86. The monoisotopic (exact) mass is 209 g/mol. The van der Waals surface area contributed by atoms with Gasteiger partial charge in [0.25, 0.3) is 0 Å². The molecule has 0 heterocycles. The van der Waals surface area contributed by atoms with Crippen LogP contribution in [0.5, 0.6) is 0 Å². The molecule has 71 valence electrons. The van der Waals surface area contributed by atoms with E-state index in [2.05, 4.69) is 55.2 Å². The molecule has 0 aliphatic rings. The Morgan fingerprint density at radius 1 is 1.15 bits per heavy atom. The number of benzene rings is 1. The number of hydrogen-bond donors (Lipinski definition) is 0. The van der Waals surface area contributed by atoms with Crippen molar-refractivity contribution in [2.24, 2.45) is 0 Å². The summed E-state index contributed by atoms with van der Waals surface area (Å²) in [4.78, 5) is 0. The topological polar surface area (TPSA) is 0 Å². The van der Waals surface area contributed by atoms with Crippen LogP contribution in [0.25, 0.3) is 0 Å². The predicted octanol–water partition coefficient (Wildman–Crippen LogP) is 3.67. The van der Waals surface area contributed by atoms with Crippen LogP contribution in [0.4, 0.5) is 0 Å². The van der Waals surface area contributed by atoms with Gasteiger partial charge in [-0.2, -0.15) is 11.8 Å². The van der Waals surface area contributed by atoms with Gasteiger partial charge in [-0.3, -0.25) is 0 Å². The SMILES string of the molecule is C[Si](C)CCSCc1ccccc1. The molecule has 0 unspecified atom stereocenters. The molecule has 0 aromatic heterocycles. The summed E-state index contributed by atoms with van der Waals surface area (Å²) in [5.41, 5.74) is 1.45. The Balaban J connectivity index is 2.13. The first-order chi connectivity index (χ1) is 6.29. The average molecular weight is 209 g/mol. The fourth-order valence-electron chi connectivity index (χ4n) is 1.04. The van der Waals surface area contributed by atoms with Gasteiger partial charge in [0.1, 0.15) is 0 Å². The fraction of sp³-hybridized carbons (Fsp3) is 0.455. The minimum Gasteiger partial charge on any atom is -0.158 e. The molecule has 0 atom stereocenters. The van der Waals surface area contributed by atoms with Crippen LogP contribution in [-0.4, -0.2) is 14.5 Å². The lowest BCUT2D eigenvalue weighted by Crippen LogP contribution is -2.00. The molecule has 0 aliphatic carbocycles. The van der Waals surface area contributed by atoms with Crippen molar-refractivity contribution in [3.63, 3.8) is 0 Å². The summed E-state index contributed by atoms with van der Waals surface area (Å²) in [6, 6.07) is 12.2. The number of hydrogen-bond acceptors (Lipinski definition) is 1. The maximum atomic E-state index is 2.38. The van der Waals surface area contributed by atoms with Crippen molar-refractivity contribution in [3.8, 4) is 0 Å². The molecule has 1 rings (SSSR count). The number of rotatable bonds is 5. The van der Waals surface area contributed by atoms with Crippen LogP contribution >= 0.6 is 11.8 Å². The Bertz CT molecular complexity index is 221. The smallest absolute Gasteiger partial charge is 0.0421 e. The minimum absolute atomic E-state index is 0.00933. The largest absolute Gasteiger partial charge is 0.158 e. The van der Waals surface area contributed by atoms with Crippen molar-refractivity contribution in [2.75, 3.05) is 5.75 Å². The van der Waals surface area contributed by atoms with Crippen molar-refractivity contribution < 1.29 is 0 Å². The summed E-state index contributed by atoms with van der Waals surface area (Å²) >= 11 is 2.06. The van der Waals surface area contributed by atoms with Gasteiger partial charge in [0.15, 0.2) is 0 Å². The Hall–Kier alpha value is -0.213. The zero-order valence-electron chi connectivity index (χ0n) is 8.42. The standard InChI is InChI=1S/C11H17SSi/c1-13(2)9-8-12-10-11-6-4-3-5-7-11/h3-7H,8-10H2,1-2H3. The maximum Gasteiger partial charge on any atom is 0.0421 e. The van der Waals surface area contributed by atoms with E-state index >= 15 is 0 Å². The van der Waals surface area contributed by atoms with E-state index in [0.717, 1.165) is 0 Å². The molecule has 0 N–H and O–H groups in total. The van der Waals surface area contributed by atoms with Gasteiger partial charge in [-0.15, -0.1) is 0 Å². The first-order valence-corrected chi connectivity index (χ1v) is 8.56. The molecule has 0 amide bonds. The average Bonchev–Trinajstić information content (AvgIpc) is 2.14. The van der Waals surface area contributed by atoms with E-state index in [0.29, 0.717) is 0 Å².